The minimum atomic E-state index is -0.883. The summed E-state index contributed by atoms with van der Waals surface area (Å²) < 4.78 is 0. The molecule has 2 nitrogen and oxygen atoms in total. The van der Waals surface area contributed by atoms with Crippen molar-refractivity contribution in [1.82, 2.24) is 0 Å². The normalized spacial score (nSPS) is 16.4. The monoisotopic (exact) mass is 344 g/mol. The van der Waals surface area contributed by atoms with Gasteiger partial charge in [-0.15, -0.1) is 18.4 Å². The smallest absolute Gasteiger partial charge is 0.147 e. The molecule has 140 valence electrons. The summed E-state index contributed by atoms with van der Waals surface area (Å²) in [6, 6.07) is 0. The van der Waals surface area contributed by atoms with Gasteiger partial charge in [0.05, 0.1) is 0 Å². The topological polar surface area (TPSA) is 34.1 Å². The number of unbranched alkanes of at least 4 members (excludes halogenated alkanes) is 9. The molecule has 1 saturated carbocycles. The van der Waals surface area contributed by atoms with E-state index in [1.165, 1.54) is 51.4 Å². The van der Waals surface area contributed by atoms with E-state index in [0.717, 1.165) is 12.8 Å². The summed E-state index contributed by atoms with van der Waals surface area (Å²) in [7, 11) is 0. The Hall–Kier alpha value is -1.36. The summed E-state index contributed by atoms with van der Waals surface area (Å²) in [5, 5.41) is 0. The highest BCUT2D eigenvalue weighted by molar-refractivity contribution is 6.09. The summed E-state index contributed by atoms with van der Waals surface area (Å²) >= 11 is 0. The largest absolute Gasteiger partial charge is 0.299 e. The van der Waals surface area contributed by atoms with Crippen LogP contribution in [0, 0.1) is 17.3 Å². The lowest BCUT2D eigenvalue weighted by atomic mass is 9.68. The maximum absolute atomic E-state index is 12.3. The van der Waals surface area contributed by atoms with E-state index in [-0.39, 0.29) is 11.6 Å². The molecule has 0 atom stereocenters. The molecule has 0 N–H and O–H groups in total. The van der Waals surface area contributed by atoms with E-state index in [4.69, 9.17) is 0 Å². The zero-order valence-electron chi connectivity index (χ0n) is 16.2. The second kappa shape index (κ2) is 12.9. The van der Waals surface area contributed by atoms with Gasteiger partial charge in [-0.25, -0.2) is 0 Å². The first-order valence-electron chi connectivity index (χ1n) is 10.3. The van der Waals surface area contributed by atoms with Gasteiger partial charge in [-0.3, -0.25) is 9.59 Å². The minimum absolute atomic E-state index is 0.0704. The van der Waals surface area contributed by atoms with Crippen molar-refractivity contribution in [1.29, 1.82) is 0 Å². The van der Waals surface area contributed by atoms with Crippen LogP contribution >= 0.6 is 0 Å². The fraction of sp³-hybridized carbons (Fsp3) is 0.739. The molecule has 0 heterocycles. The van der Waals surface area contributed by atoms with Gasteiger partial charge in [-0.2, -0.15) is 0 Å². The van der Waals surface area contributed by atoms with Crippen molar-refractivity contribution in [3.05, 3.63) is 12.7 Å². The average Bonchev–Trinajstić information content (AvgIpc) is 2.60. The van der Waals surface area contributed by atoms with Crippen molar-refractivity contribution in [3.8, 4) is 11.8 Å². The van der Waals surface area contributed by atoms with Crippen molar-refractivity contribution in [2.24, 2.45) is 5.41 Å². The molecule has 0 spiro atoms. The third kappa shape index (κ3) is 7.59. The number of Topliss-reactive ketones (excluding diaryl/α,β-unsaturated/α-hetero) is 2. The third-order valence-corrected chi connectivity index (χ3v) is 5.29. The van der Waals surface area contributed by atoms with Gasteiger partial charge in [-0.1, -0.05) is 64.4 Å². The lowest BCUT2D eigenvalue weighted by molar-refractivity contribution is -0.143. The van der Waals surface area contributed by atoms with E-state index in [0.29, 0.717) is 32.1 Å². The van der Waals surface area contributed by atoms with Crippen LogP contribution in [0.5, 0.6) is 0 Å². The Bertz CT molecular complexity index is 462. The lowest BCUT2D eigenvalue weighted by Gasteiger charge is -2.31. The molecule has 0 aromatic rings. The molecule has 0 aliphatic heterocycles. The van der Waals surface area contributed by atoms with Crippen molar-refractivity contribution in [2.45, 2.75) is 103 Å². The van der Waals surface area contributed by atoms with Crippen LogP contribution < -0.4 is 0 Å². The molecule has 0 bridgehead atoms. The van der Waals surface area contributed by atoms with E-state index < -0.39 is 5.41 Å². The average molecular weight is 345 g/mol. The van der Waals surface area contributed by atoms with E-state index in [2.05, 4.69) is 25.3 Å². The number of hydrogen-bond acceptors (Lipinski definition) is 2. The first-order chi connectivity index (χ1) is 12.2. The SMILES string of the molecule is C=CCC1(CC#CCCCCCCCCCCC)C(=O)CCCC1=O. The van der Waals surface area contributed by atoms with E-state index in [1.54, 1.807) is 6.08 Å². The zero-order valence-corrected chi connectivity index (χ0v) is 16.2. The standard InChI is InChI=1S/C23H36O2/c1-3-5-6-7-8-9-10-11-12-13-14-15-20-23(19-4-2)21(24)17-16-18-22(23)25/h4H,2-3,5-13,16-20H2,1H3. The molecule has 1 aliphatic rings. The maximum atomic E-state index is 12.3. The summed E-state index contributed by atoms with van der Waals surface area (Å²) in [4.78, 5) is 24.6. The first-order valence-corrected chi connectivity index (χ1v) is 10.3. The summed E-state index contributed by atoms with van der Waals surface area (Å²) in [6.45, 7) is 5.98. The Morgan fingerprint density at radius 2 is 1.48 bits per heavy atom. The van der Waals surface area contributed by atoms with Crippen LogP contribution in [0.3, 0.4) is 0 Å². The highest BCUT2D eigenvalue weighted by atomic mass is 16.2. The van der Waals surface area contributed by atoms with Crippen molar-refractivity contribution < 1.29 is 9.59 Å². The number of ketones is 2. The summed E-state index contributed by atoms with van der Waals surface area (Å²) in [5.74, 6) is 6.46. The lowest BCUT2D eigenvalue weighted by Crippen LogP contribution is -2.41. The van der Waals surface area contributed by atoms with Crippen LogP contribution in [0.1, 0.15) is 103 Å². The summed E-state index contributed by atoms with van der Waals surface area (Å²) in [6.07, 6.45) is 16.9. The second-order valence-corrected chi connectivity index (χ2v) is 7.38. The molecular formula is C23H36O2. The van der Waals surface area contributed by atoms with Crippen molar-refractivity contribution in [3.63, 3.8) is 0 Å². The van der Waals surface area contributed by atoms with Gasteiger partial charge in [0.1, 0.15) is 17.0 Å². The molecule has 0 aromatic heterocycles. The fourth-order valence-electron chi connectivity index (χ4n) is 3.61. The van der Waals surface area contributed by atoms with Crippen LogP contribution in [0.2, 0.25) is 0 Å². The van der Waals surface area contributed by atoms with Crippen molar-refractivity contribution >= 4 is 11.6 Å². The zero-order chi connectivity index (χ0) is 18.4. The third-order valence-electron chi connectivity index (χ3n) is 5.29. The highest BCUT2D eigenvalue weighted by Crippen LogP contribution is 2.36. The van der Waals surface area contributed by atoms with Crippen LogP contribution in [0.4, 0.5) is 0 Å². The number of rotatable bonds is 12. The van der Waals surface area contributed by atoms with Gasteiger partial charge in [0.25, 0.3) is 0 Å². The van der Waals surface area contributed by atoms with Gasteiger partial charge in [0.2, 0.25) is 0 Å². The minimum Gasteiger partial charge on any atom is -0.299 e. The quantitative estimate of drug-likeness (QED) is 0.183. The van der Waals surface area contributed by atoms with E-state index in [1.807, 2.05) is 0 Å². The Morgan fingerprint density at radius 1 is 0.920 bits per heavy atom. The van der Waals surface area contributed by atoms with Gasteiger partial charge in [0.15, 0.2) is 0 Å². The number of carbonyl (C=O) groups excluding carboxylic acids is 2. The summed E-state index contributed by atoms with van der Waals surface area (Å²) in [5.41, 5.74) is -0.883. The molecule has 1 rings (SSSR count). The number of hydrogen-bond donors (Lipinski definition) is 0. The van der Waals surface area contributed by atoms with Crippen LogP contribution in [0.15, 0.2) is 12.7 Å². The predicted octanol–water partition coefficient (Wildman–Crippen LogP) is 6.19. The van der Waals surface area contributed by atoms with E-state index in [9.17, 15) is 9.59 Å². The molecule has 25 heavy (non-hydrogen) atoms. The predicted molar refractivity (Wildman–Crippen MR) is 105 cm³/mol. The number of allylic oxidation sites excluding steroid dienone is 1. The Morgan fingerprint density at radius 3 is 2.04 bits per heavy atom. The molecule has 0 saturated heterocycles. The van der Waals surface area contributed by atoms with Crippen LogP contribution in [-0.2, 0) is 9.59 Å². The Balaban J connectivity index is 2.23. The Labute approximate surface area is 154 Å². The Kier molecular flexibility index (Phi) is 11.2. The molecule has 0 unspecified atom stereocenters. The van der Waals surface area contributed by atoms with Gasteiger partial charge >= 0.3 is 0 Å². The molecule has 1 fully saturated rings. The van der Waals surface area contributed by atoms with E-state index >= 15 is 0 Å². The number of carbonyl (C=O) groups is 2. The van der Waals surface area contributed by atoms with Crippen LogP contribution in [0.25, 0.3) is 0 Å². The first kappa shape index (κ1) is 21.7. The van der Waals surface area contributed by atoms with Crippen molar-refractivity contribution in [2.75, 3.05) is 0 Å². The molecule has 0 aromatic carbocycles. The second-order valence-electron chi connectivity index (χ2n) is 7.38. The fourth-order valence-corrected chi connectivity index (χ4v) is 3.61. The van der Waals surface area contributed by atoms with Gasteiger partial charge in [0, 0.05) is 25.7 Å². The van der Waals surface area contributed by atoms with Crippen LogP contribution in [-0.4, -0.2) is 11.6 Å². The van der Waals surface area contributed by atoms with Gasteiger partial charge in [-0.05, 0) is 19.3 Å². The maximum Gasteiger partial charge on any atom is 0.147 e. The molecule has 0 amide bonds. The molecule has 1 aliphatic carbocycles. The molecule has 0 radical (unpaired) electrons. The molecule has 2 heteroatoms. The highest BCUT2D eigenvalue weighted by Gasteiger charge is 2.45. The molecular weight excluding hydrogens is 308 g/mol. The van der Waals surface area contributed by atoms with Gasteiger partial charge < -0.3 is 0 Å².